The summed E-state index contributed by atoms with van der Waals surface area (Å²) < 4.78 is 16.7. The second-order valence-electron chi connectivity index (χ2n) is 21.2. The lowest BCUT2D eigenvalue weighted by molar-refractivity contribution is 0.0182. The minimum atomic E-state index is -0.889. The smallest absolute Gasteiger partial charge is 0.410 e. The Morgan fingerprint density at radius 2 is 0.950 bits per heavy atom. The van der Waals surface area contributed by atoms with E-state index >= 15 is 0 Å². The molecule has 0 spiro atoms. The first kappa shape index (κ1) is 71.2. The van der Waals surface area contributed by atoms with E-state index in [0.29, 0.717) is 61.7 Å². The van der Waals surface area contributed by atoms with Gasteiger partial charge in [-0.25, -0.2) is 49.1 Å². The number of hydrogen-bond acceptors (Lipinski definition) is 19. The van der Waals surface area contributed by atoms with Crippen LogP contribution in [0.15, 0.2) is 23.8 Å². The number of nitrogens with zero attached hydrogens (tertiary/aromatic N) is 11. The van der Waals surface area contributed by atoms with E-state index in [1.165, 1.54) is 38.6 Å². The molecule has 0 aromatic carbocycles. The molecule has 450 valence electrons. The molecule has 3 aliphatic rings. The summed E-state index contributed by atoms with van der Waals surface area (Å²) in [5.41, 5.74) is 16.7. The van der Waals surface area contributed by atoms with Crippen LogP contribution in [0.2, 0.25) is 20.6 Å². The largest absolute Gasteiger partial charge is 0.444 e. The SMILES string of the molecule is CC(C)(C)OC(=O)N1CCC(N)CC1.CC(C)(C)OC(=O)N1CCC(Nc2ncnc(Cl)c2N)CC1.CC(C)(C)OC(=O)N1CCC(n2c(=O)[nH]c3c(Cl)ncnc32)CC1.CCN(CC)CC.Nc1c(Cl)ncnc1Cl.O=C(Cl)Cl. The van der Waals surface area contributed by atoms with Gasteiger partial charge in [-0.3, -0.25) is 9.36 Å². The highest BCUT2D eigenvalue weighted by Gasteiger charge is 2.31. The van der Waals surface area contributed by atoms with Crippen LogP contribution in [0.1, 0.15) is 128 Å². The third-order valence-electron chi connectivity index (χ3n) is 11.6. The van der Waals surface area contributed by atoms with Gasteiger partial charge in [-0.1, -0.05) is 67.2 Å². The van der Waals surface area contributed by atoms with Crippen molar-refractivity contribution < 1.29 is 33.4 Å². The van der Waals surface area contributed by atoms with Gasteiger partial charge < -0.3 is 61.3 Å². The Morgan fingerprint density at radius 3 is 1.32 bits per heavy atom. The topological polar surface area (TPSA) is 314 Å². The number of nitrogens with two attached hydrogens (primary N) is 3. The molecule has 7 heterocycles. The highest BCUT2D eigenvalue weighted by molar-refractivity contribution is 6.93. The molecule has 3 amide bonds. The lowest BCUT2D eigenvalue weighted by atomic mass is 10.1. The molecule has 30 heteroatoms. The summed E-state index contributed by atoms with van der Waals surface area (Å²) in [4.78, 5) is 90.3. The van der Waals surface area contributed by atoms with Crippen molar-refractivity contribution in [1.82, 2.24) is 59.1 Å². The van der Waals surface area contributed by atoms with Gasteiger partial charge in [-0.2, -0.15) is 0 Å². The average molecular weight is 1250 g/mol. The van der Waals surface area contributed by atoms with Gasteiger partial charge in [0.2, 0.25) is 0 Å². The van der Waals surface area contributed by atoms with Gasteiger partial charge >= 0.3 is 28.7 Å². The number of piperidine rings is 3. The first-order valence-corrected chi connectivity index (χ1v) is 28.3. The Morgan fingerprint density at radius 1 is 0.600 bits per heavy atom. The molecule has 3 saturated heterocycles. The fraction of sp³-hybridized carbons (Fsp3) is 0.660. The Balaban J connectivity index is 0.000000357. The summed E-state index contributed by atoms with van der Waals surface area (Å²) in [5.74, 6) is 0.538. The highest BCUT2D eigenvalue weighted by Crippen LogP contribution is 2.28. The van der Waals surface area contributed by atoms with Crippen molar-refractivity contribution in [3.63, 3.8) is 0 Å². The predicted molar refractivity (Wildman–Crippen MR) is 317 cm³/mol. The van der Waals surface area contributed by atoms with Gasteiger partial charge in [0.05, 0.1) is 0 Å². The van der Waals surface area contributed by atoms with Crippen molar-refractivity contribution in [3.05, 3.63) is 50.1 Å². The zero-order valence-corrected chi connectivity index (χ0v) is 52.3. The second-order valence-corrected chi connectivity index (χ2v) is 23.5. The number of aromatic amines is 1. The number of aromatic nitrogens is 8. The van der Waals surface area contributed by atoms with Crippen LogP contribution in [-0.4, -0.2) is 170 Å². The highest BCUT2D eigenvalue weighted by atomic mass is 35.5. The monoisotopic (exact) mass is 1240 g/mol. The number of halogens is 6. The Bertz CT molecular complexity index is 2590. The number of ether oxygens (including phenoxy) is 3. The molecule has 4 aromatic rings. The van der Waals surface area contributed by atoms with Crippen LogP contribution >= 0.6 is 69.6 Å². The lowest BCUT2D eigenvalue weighted by Gasteiger charge is -2.34. The summed E-state index contributed by atoms with van der Waals surface area (Å²) in [6.07, 6.45) is 7.78. The van der Waals surface area contributed by atoms with Crippen molar-refractivity contribution in [3.8, 4) is 0 Å². The molecule has 7 rings (SSSR count). The van der Waals surface area contributed by atoms with Crippen LogP contribution in [-0.2, 0) is 14.2 Å². The number of amides is 3. The number of nitrogen functional groups attached to an aromatic ring is 2. The number of fused-ring (bicyclic) bond motifs is 1. The van der Waals surface area contributed by atoms with Gasteiger partial charge in [0.25, 0.3) is 0 Å². The third kappa shape index (κ3) is 26.3. The zero-order valence-electron chi connectivity index (χ0n) is 47.8. The molecule has 4 aromatic heterocycles. The van der Waals surface area contributed by atoms with Crippen LogP contribution in [0.5, 0.6) is 0 Å². The van der Waals surface area contributed by atoms with Crippen LogP contribution in [0.25, 0.3) is 11.2 Å². The molecular formula is C50H80Cl6N16O8. The zero-order chi connectivity index (χ0) is 60.7. The van der Waals surface area contributed by atoms with E-state index in [1.807, 2.05) is 62.3 Å². The number of likely N-dealkylation sites (tertiary alicyclic amines) is 3. The molecule has 3 fully saturated rings. The number of imidazole rings is 1. The van der Waals surface area contributed by atoms with Gasteiger partial charge in [-0.15, -0.1) is 0 Å². The minimum Gasteiger partial charge on any atom is -0.444 e. The molecule has 8 N–H and O–H groups in total. The number of hydrogen-bond donors (Lipinski definition) is 5. The molecule has 0 aliphatic carbocycles. The fourth-order valence-corrected chi connectivity index (χ4v) is 8.15. The quantitative estimate of drug-likeness (QED) is 0.0680. The number of carbonyl (C=O) groups is 4. The maximum Gasteiger partial charge on any atom is 0.410 e. The van der Waals surface area contributed by atoms with Gasteiger partial charge in [0.15, 0.2) is 32.1 Å². The molecular weight excluding hydrogens is 1170 g/mol. The molecule has 80 heavy (non-hydrogen) atoms. The van der Waals surface area contributed by atoms with Crippen molar-refractivity contribution in [2.75, 3.05) is 75.7 Å². The van der Waals surface area contributed by atoms with Gasteiger partial charge in [-0.05, 0) is 144 Å². The third-order valence-corrected chi connectivity index (χ3v) is 12.8. The summed E-state index contributed by atoms with van der Waals surface area (Å²) in [7, 11) is 0. The molecule has 0 atom stereocenters. The number of carbonyl (C=O) groups excluding carboxylic acids is 4. The molecule has 3 aliphatic heterocycles. The van der Waals surface area contributed by atoms with E-state index in [-0.39, 0.29) is 68.4 Å². The van der Waals surface area contributed by atoms with Crippen molar-refractivity contribution in [2.24, 2.45) is 5.73 Å². The molecule has 0 saturated carbocycles. The number of nitrogens with one attached hydrogen (secondary N) is 2. The van der Waals surface area contributed by atoms with Gasteiger partial charge in [0, 0.05) is 57.4 Å². The maximum absolute atomic E-state index is 12.3. The van der Waals surface area contributed by atoms with Crippen molar-refractivity contribution >= 4 is 121 Å². The first-order chi connectivity index (χ1) is 37.2. The van der Waals surface area contributed by atoms with E-state index < -0.39 is 21.5 Å². The first-order valence-electron chi connectivity index (χ1n) is 26.0. The van der Waals surface area contributed by atoms with Crippen LogP contribution < -0.4 is 28.2 Å². The van der Waals surface area contributed by atoms with Crippen LogP contribution in [0, 0.1) is 0 Å². The molecule has 24 nitrogen and oxygen atoms in total. The van der Waals surface area contributed by atoms with Gasteiger partial charge in [0.1, 0.15) is 52.7 Å². The second kappa shape index (κ2) is 33.8. The maximum atomic E-state index is 12.3. The van der Waals surface area contributed by atoms with Crippen molar-refractivity contribution in [1.29, 1.82) is 0 Å². The van der Waals surface area contributed by atoms with E-state index in [1.54, 1.807) is 19.3 Å². The summed E-state index contributed by atoms with van der Waals surface area (Å²) in [5, 5.41) is 4.10. The fourth-order valence-electron chi connectivity index (χ4n) is 7.53. The van der Waals surface area contributed by atoms with E-state index in [9.17, 15) is 19.2 Å². The van der Waals surface area contributed by atoms with E-state index in [4.69, 9.17) is 82.6 Å². The summed E-state index contributed by atoms with van der Waals surface area (Å²) >= 11 is 31.6. The predicted octanol–water partition coefficient (Wildman–Crippen LogP) is 10.5. The Kier molecular flexibility index (Phi) is 30.1. The number of anilines is 3. The Hall–Kier alpha value is -4.95. The van der Waals surface area contributed by atoms with Crippen LogP contribution in [0.3, 0.4) is 0 Å². The molecule has 0 unspecified atom stereocenters. The average Bonchev–Trinajstić information content (AvgIpc) is 3.71. The van der Waals surface area contributed by atoms with Crippen LogP contribution in [0.4, 0.5) is 36.4 Å². The van der Waals surface area contributed by atoms with E-state index in [2.05, 4.69) is 89.1 Å². The molecule has 0 radical (unpaired) electrons. The standard InChI is InChI=1S/C15H20ClN5O3.C14H22ClN5O2.C10H20N2O2.C6H15N.C4H3Cl2N3.CCl2O/c1-15(2,3)24-14(23)20-6-4-9(5-7-20)21-12-10(19-13(21)22)11(16)17-8-18-12;1-14(2,3)22-13(21)20-6-4-9(5-7-20)19-12-10(16)11(15)17-8-18-12;1-10(2,3)14-9(13)12-6-4-8(11)5-7-12;1-4-7(5-2)6-3;5-3-2(7)4(6)9-1-8-3;2-1(3)4/h8-9H,4-7H2,1-3H3,(H,19,22);8-9H,4-7,16H2,1-3H3,(H,17,18,19);8H,4-7,11H2,1-3H3;4-6H2,1-3H3;1H,7H2;. The minimum absolute atomic E-state index is 0.0455. The number of rotatable bonds is 6. The summed E-state index contributed by atoms with van der Waals surface area (Å²) in [6, 6.07) is 0.386. The number of H-pyrrole nitrogens is 1. The molecule has 0 bridgehead atoms. The Labute approximate surface area is 498 Å². The normalized spacial score (nSPS) is 15.2. The lowest BCUT2D eigenvalue weighted by Crippen LogP contribution is -2.44. The summed E-state index contributed by atoms with van der Waals surface area (Å²) in [6.45, 7) is 30.6. The van der Waals surface area contributed by atoms with Crippen molar-refractivity contribution in [2.45, 2.75) is 157 Å². The van der Waals surface area contributed by atoms with E-state index in [0.717, 1.165) is 38.8 Å².